The molecule has 3 nitrogen and oxygen atoms in total. The van der Waals surface area contributed by atoms with Gasteiger partial charge < -0.3 is 10.6 Å². The zero-order chi connectivity index (χ0) is 10.1. The Morgan fingerprint density at radius 3 is 2.07 bits per heavy atom. The van der Waals surface area contributed by atoms with Crippen LogP contribution in [0.4, 0.5) is 0 Å². The molecule has 0 aromatic rings. The van der Waals surface area contributed by atoms with Crippen LogP contribution < -0.4 is 5.73 Å². The third-order valence-electron chi connectivity index (χ3n) is 2.62. The van der Waals surface area contributed by atoms with Crippen LogP contribution in [0.5, 0.6) is 0 Å². The van der Waals surface area contributed by atoms with Crippen LogP contribution in [-0.4, -0.2) is 29.9 Å². The Kier molecular flexibility index (Phi) is 4.89. The van der Waals surface area contributed by atoms with Crippen LogP contribution in [0.3, 0.4) is 0 Å². The maximum absolute atomic E-state index is 11.8. The average Bonchev–Trinajstić information content (AvgIpc) is 2.51. The Hall–Kier alpha value is -0.280. The molecule has 84 valence electrons. The summed E-state index contributed by atoms with van der Waals surface area (Å²) in [6.07, 6.45) is 2.26. The van der Waals surface area contributed by atoms with E-state index < -0.39 is 0 Å². The molecule has 0 aromatic carbocycles. The van der Waals surface area contributed by atoms with Gasteiger partial charge in [0.2, 0.25) is 5.91 Å². The number of hydrogen-bond acceptors (Lipinski definition) is 2. The number of halogens is 1. The lowest BCUT2D eigenvalue weighted by molar-refractivity contribution is -0.133. The van der Waals surface area contributed by atoms with Crippen molar-refractivity contribution in [2.24, 2.45) is 11.1 Å². The summed E-state index contributed by atoms with van der Waals surface area (Å²) < 4.78 is 0. The van der Waals surface area contributed by atoms with Crippen molar-refractivity contribution >= 4 is 18.3 Å². The molecule has 1 aliphatic heterocycles. The minimum absolute atomic E-state index is 0. The van der Waals surface area contributed by atoms with Crippen LogP contribution >= 0.6 is 12.4 Å². The Balaban J connectivity index is 0.00000169. The number of nitrogens with two attached hydrogens (primary N) is 1. The third kappa shape index (κ3) is 3.14. The molecule has 0 unspecified atom stereocenters. The van der Waals surface area contributed by atoms with Crippen molar-refractivity contribution in [1.82, 2.24) is 4.90 Å². The van der Waals surface area contributed by atoms with E-state index in [0.717, 1.165) is 25.9 Å². The van der Waals surface area contributed by atoms with Crippen LogP contribution in [0.2, 0.25) is 0 Å². The SMILES string of the molecule is CC(C)(C)[C@@H](N)C(=O)N1CCCC1.Cl. The molecule has 1 saturated heterocycles. The lowest BCUT2D eigenvalue weighted by atomic mass is 9.86. The molecule has 1 rings (SSSR count). The summed E-state index contributed by atoms with van der Waals surface area (Å²) in [5.74, 6) is 0.116. The molecule has 0 aliphatic carbocycles. The molecule has 14 heavy (non-hydrogen) atoms. The molecule has 1 amide bonds. The van der Waals surface area contributed by atoms with Crippen LogP contribution in [-0.2, 0) is 4.79 Å². The van der Waals surface area contributed by atoms with Crippen molar-refractivity contribution in [2.75, 3.05) is 13.1 Å². The Labute approximate surface area is 92.4 Å². The summed E-state index contributed by atoms with van der Waals surface area (Å²) in [6.45, 7) is 7.80. The van der Waals surface area contributed by atoms with E-state index in [1.807, 2.05) is 25.7 Å². The second-order valence-corrected chi connectivity index (χ2v) is 4.88. The molecule has 1 fully saturated rings. The van der Waals surface area contributed by atoms with Gasteiger partial charge in [-0.2, -0.15) is 0 Å². The second kappa shape index (κ2) is 4.99. The first kappa shape index (κ1) is 13.7. The number of hydrogen-bond donors (Lipinski definition) is 1. The standard InChI is InChI=1S/C10H20N2O.ClH/c1-10(2,3)8(11)9(13)12-6-4-5-7-12;/h8H,4-7,11H2,1-3H3;1H/t8-;/m0./s1. The maximum Gasteiger partial charge on any atom is 0.240 e. The van der Waals surface area contributed by atoms with Crippen molar-refractivity contribution in [3.63, 3.8) is 0 Å². The smallest absolute Gasteiger partial charge is 0.240 e. The third-order valence-corrected chi connectivity index (χ3v) is 2.62. The monoisotopic (exact) mass is 220 g/mol. The molecule has 1 heterocycles. The van der Waals surface area contributed by atoms with Gasteiger partial charge in [0.05, 0.1) is 6.04 Å². The molecule has 2 N–H and O–H groups in total. The number of rotatable bonds is 1. The van der Waals surface area contributed by atoms with E-state index in [9.17, 15) is 4.79 Å². The molecular formula is C10H21ClN2O. The highest BCUT2D eigenvalue weighted by atomic mass is 35.5. The molecule has 4 heteroatoms. The summed E-state index contributed by atoms with van der Waals surface area (Å²) in [4.78, 5) is 13.7. The molecule has 1 atom stereocenters. The van der Waals surface area contributed by atoms with Crippen LogP contribution in [0.15, 0.2) is 0 Å². The Morgan fingerprint density at radius 1 is 1.29 bits per heavy atom. The van der Waals surface area contributed by atoms with Crippen molar-refractivity contribution < 1.29 is 4.79 Å². The van der Waals surface area contributed by atoms with Crippen molar-refractivity contribution in [2.45, 2.75) is 39.7 Å². The lowest BCUT2D eigenvalue weighted by Crippen LogP contribution is -2.49. The van der Waals surface area contributed by atoms with E-state index in [-0.39, 0.29) is 29.8 Å². The highest BCUT2D eigenvalue weighted by molar-refractivity contribution is 5.85. The van der Waals surface area contributed by atoms with Crippen LogP contribution in [0, 0.1) is 5.41 Å². The fourth-order valence-electron chi connectivity index (χ4n) is 1.50. The van der Waals surface area contributed by atoms with E-state index in [4.69, 9.17) is 5.73 Å². The highest BCUT2D eigenvalue weighted by Crippen LogP contribution is 2.20. The Bertz CT molecular complexity index is 195. The Morgan fingerprint density at radius 2 is 1.71 bits per heavy atom. The van der Waals surface area contributed by atoms with Gasteiger partial charge >= 0.3 is 0 Å². The van der Waals surface area contributed by atoms with Gasteiger partial charge in [-0.25, -0.2) is 0 Å². The van der Waals surface area contributed by atoms with Gasteiger partial charge in [0, 0.05) is 13.1 Å². The van der Waals surface area contributed by atoms with Gasteiger partial charge in [-0.1, -0.05) is 20.8 Å². The normalized spacial score (nSPS) is 19.0. The summed E-state index contributed by atoms with van der Waals surface area (Å²) in [6, 6.07) is -0.356. The van der Waals surface area contributed by atoms with Crippen LogP contribution in [0.1, 0.15) is 33.6 Å². The fourth-order valence-corrected chi connectivity index (χ4v) is 1.50. The minimum Gasteiger partial charge on any atom is -0.341 e. The molecule has 0 spiro atoms. The fraction of sp³-hybridized carbons (Fsp3) is 0.900. The maximum atomic E-state index is 11.8. The quantitative estimate of drug-likeness (QED) is 0.726. The van der Waals surface area contributed by atoms with Crippen LogP contribution in [0.25, 0.3) is 0 Å². The number of carbonyl (C=O) groups excluding carboxylic acids is 1. The van der Waals surface area contributed by atoms with Gasteiger partial charge in [0.15, 0.2) is 0 Å². The largest absolute Gasteiger partial charge is 0.341 e. The average molecular weight is 221 g/mol. The first-order valence-electron chi connectivity index (χ1n) is 4.97. The van der Waals surface area contributed by atoms with Gasteiger partial charge in [0.1, 0.15) is 0 Å². The van der Waals surface area contributed by atoms with Gasteiger partial charge in [-0.05, 0) is 18.3 Å². The first-order valence-corrected chi connectivity index (χ1v) is 4.97. The molecule has 0 radical (unpaired) electrons. The van der Waals surface area contributed by atoms with Gasteiger partial charge in [-0.15, -0.1) is 12.4 Å². The van der Waals surface area contributed by atoms with E-state index in [1.165, 1.54) is 0 Å². The summed E-state index contributed by atoms with van der Waals surface area (Å²) in [5, 5.41) is 0. The summed E-state index contributed by atoms with van der Waals surface area (Å²) in [7, 11) is 0. The molecule has 0 saturated carbocycles. The lowest BCUT2D eigenvalue weighted by Gasteiger charge is -2.29. The van der Waals surface area contributed by atoms with Crippen molar-refractivity contribution in [3.05, 3.63) is 0 Å². The van der Waals surface area contributed by atoms with E-state index >= 15 is 0 Å². The van der Waals surface area contributed by atoms with Crippen molar-refractivity contribution in [1.29, 1.82) is 0 Å². The second-order valence-electron chi connectivity index (χ2n) is 4.88. The first-order chi connectivity index (χ1) is 5.93. The zero-order valence-corrected chi connectivity index (χ0v) is 10.1. The summed E-state index contributed by atoms with van der Waals surface area (Å²) >= 11 is 0. The summed E-state index contributed by atoms with van der Waals surface area (Å²) in [5.41, 5.74) is 5.76. The molecule has 0 bridgehead atoms. The predicted molar refractivity (Wildman–Crippen MR) is 60.5 cm³/mol. The predicted octanol–water partition coefficient (Wildman–Crippen LogP) is 1.40. The number of nitrogens with zero attached hydrogens (tertiary/aromatic N) is 1. The molecule has 0 aromatic heterocycles. The molecule has 1 aliphatic rings. The number of likely N-dealkylation sites (tertiary alicyclic amines) is 1. The minimum atomic E-state index is -0.356. The number of carbonyl (C=O) groups is 1. The van der Waals surface area contributed by atoms with E-state index in [2.05, 4.69) is 0 Å². The van der Waals surface area contributed by atoms with E-state index in [1.54, 1.807) is 0 Å². The van der Waals surface area contributed by atoms with Gasteiger partial charge in [0.25, 0.3) is 0 Å². The van der Waals surface area contributed by atoms with Crippen molar-refractivity contribution in [3.8, 4) is 0 Å². The zero-order valence-electron chi connectivity index (χ0n) is 9.25. The van der Waals surface area contributed by atoms with E-state index in [0.29, 0.717) is 0 Å². The number of amides is 1. The molecular weight excluding hydrogens is 200 g/mol. The highest BCUT2D eigenvalue weighted by Gasteiger charge is 2.31. The topological polar surface area (TPSA) is 46.3 Å². The van der Waals surface area contributed by atoms with Gasteiger partial charge in [-0.3, -0.25) is 4.79 Å².